The molecular formula is C18H16N6O. The van der Waals surface area contributed by atoms with E-state index in [2.05, 4.69) is 15.3 Å². The molecule has 25 heavy (non-hydrogen) atoms. The second-order valence-corrected chi connectivity index (χ2v) is 5.85. The van der Waals surface area contributed by atoms with Gasteiger partial charge in [0.2, 0.25) is 5.95 Å². The topological polar surface area (TPSA) is 112 Å². The molecule has 0 aliphatic rings. The van der Waals surface area contributed by atoms with Gasteiger partial charge < -0.3 is 21.4 Å². The first kappa shape index (κ1) is 14.9. The molecule has 4 rings (SSSR count). The van der Waals surface area contributed by atoms with Gasteiger partial charge in [-0.2, -0.15) is 0 Å². The van der Waals surface area contributed by atoms with Gasteiger partial charge in [0, 0.05) is 29.5 Å². The van der Waals surface area contributed by atoms with Crippen LogP contribution in [0.4, 0.5) is 23.0 Å². The van der Waals surface area contributed by atoms with Gasteiger partial charge in [0.25, 0.3) is 5.56 Å². The first-order valence-electron chi connectivity index (χ1n) is 7.70. The van der Waals surface area contributed by atoms with Gasteiger partial charge in [-0.15, -0.1) is 0 Å². The lowest BCUT2D eigenvalue weighted by Gasteiger charge is -2.11. The first-order valence-corrected chi connectivity index (χ1v) is 7.70. The van der Waals surface area contributed by atoms with Crippen molar-refractivity contribution >= 4 is 44.8 Å². The molecule has 4 aromatic rings. The minimum Gasteiger partial charge on any atom is -0.399 e. The van der Waals surface area contributed by atoms with Crippen molar-refractivity contribution in [1.29, 1.82) is 0 Å². The van der Waals surface area contributed by atoms with E-state index >= 15 is 0 Å². The van der Waals surface area contributed by atoms with E-state index in [1.54, 1.807) is 37.5 Å². The fourth-order valence-corrected chi connectivity index (χ4v) is 2.86. The molecule has 2 aromatic carbocycles. The van der Waals surface area contributed by atoms with Crippen LogP contribution in [-0.4, -0.2) is 14.5 Å². The number of nitrogen functional groups attached to an aromatic ring is 2. The summed E-state index contributed by atoms with van der Waals surface area (Å²) in [6, 6.07) is 12.6. The van der Waals surface area contributed by atoms with Crippen LogP contribution in [0.25, 0.3) is 21.8 Å². The molecule has 7 heteroatoms. The van der Waals surface area contributed by atoms with E-state index in [0.717, 1.165) is 11.1 Å². The van der Waals surface area contributed by atoms with Crippen LogP contribution in [0.2, 0.25) is 0 Å². The highest BCUT2D eigenvalue weighted by molar-refractivity contribution is 6.04. The largest absolute Gasteiger partial charge is 0.399 e. The molecule has 0 bridgehead atoms. The Balaban J connectivity index is 1.94. The molecule has 7 nitrogen and oxygen atoms in total. The van der Waals surface area contributed by atoms with Gasteiger partial charge in [0.1, 0.15) is 5.52 Å². The molecule has 0 saturated carbocycles. The second kappa shape index (κ2) is 5.48. The number of nitrogens with zero attached hydrogens (tertiary/aromatic N) is 3. The zero-order valence-electron chi connectivity index (χ0n) is 13.5. The van der Waals surface area contributed by atoms with Crippen molar-refractivity contribution in [3.05, 3.63) is 59.0 Å². The van der Waals surface area contributed by atoms with Crippen LogP contribution in [0.1, 0.15) is 0 Å². The molecule has 0 aliphatic carbocycles. The minimum atomic E-state index is -0.130. The van der Waals surface area contributed by atoms with Gasteiger partial charge in [-0.05, 0) is 36.4 Å². The molecule has 0 saturated heterocycles. The minimum absolute atomic E-state index is 0.130. The summed E-state index contributed by atoms with van der Waals surface area (Å²) < 4.78 is 1.53. The average Bonchev–Trinajstić information content (AvgIpc) is 2.59. The predicted octanol–water partition coefficient (Wildman–Crippen LogP) is 2.39. The zero-order chi connectivity index (χ0) is 17.6. The Kier molecular flexibility index (Phi) is 3.28. The number of hydrogen-bond acceptors (Lipinski definition) is 6. The normalized spacial score (nSPS) is 11.1. The van der Waals surface area contributed by atoms with E-state index < -0.39 is 0 Å². The van der Waals surface area contributed by atoms with Crippen LogP contribution in [-0.2, 0) is 7.05 Å². The fraction of sp³-hybridized carbons (Fsp3) is 0.0556. The summed E-state index contributed by atoms with van der Waals surface area (Å²) in [6.07, 6.45) is 1.63. The van der Waals surface area contributed by atoms with Gasteiger partial charge >= 0.3 is 0 Å². The van der Waals surface area contributed by atoms with E-state index in [1.165, 1.54) is 4.57 Å². The molecule has 2 aromatic heterocycles. The Morgan fingerprint density at radius 3 is 2.64 bits per heavy atom. The maximum absolute atomic E-state index is 12.5. The third-order valence-electron chi connectivity index (χ3n) is 4.11. The Labute approximate surface area is 142 Å². The number of nitrogens with two attached hydrogens (primary N) is 2. The molecule has 0 radical (unpaired) electrons. The van der Waals surface area contributed by atoms with Crippen molar-refractivity contribution in [1.82, 2.24) is 14.5 Å². The molecule has 5 N–H and O–H groups in total. The third kappa shape index (κ3) is 2.51. The monoisotopic (exact) mass is 332 g/mol. The zero-order valence-corrected chi connectivity index (χ0v) is 13.5. The van der Waals surface area contributed by atoms with Crippen molar-refractivity contribution < 1.29 is 0 Å². The van der Waals surface area contributed by atoms with Crippen molar-refractivity contribution in [3.8, 4) is 0 Å². The summed E-state index contributed by atoms with van der Waals surface area (Å²) in [6.45, 7) is 0. The average molecular weight is 332 g/mol. The highest BCUT2D eigenvalue weighted by atomic mass is 16.1. The van der Waals surface area contributed by atoms with Gasteiger partial charge in [0.05, 0.1) is 17.1 Å². The first-order chi connectivity index (χ1) is 12.0. The Morgan fingerprint density at radius 2 is 1.84 bits per heavy atom. The van der Waals surface area contributed by atoms with Crippen molar-refractivity contribution in [2.75, 3.05) is 16.8 Å². The molecule has 0 spiro atoms. The number of hydrogen-bond donors (Lipinski definition) is 3. The molecule has 2 heterocycles. The van der Waals surface area contributed by atoms with Gasteiger partial charge in [0.15, 0.2) is 0 Å². The van der Waals surface area contributed by atoms with E-state index in [4.69, 9.17) is 11.5 Å². The lowest BCUT2D eigenvalue weighted by Crippen LogP contribution is -2.18. The molecule has 0 atom stereocenters. The van der Waals surface area contributed by atoms with Gasteiger partial charge in [-0.25, -0.2) is 9.97 Å². The van der Waals surface area contributed by atoms with Crippen molar-refractivity contribution in [2.24, 2.45) is 7.05 Å². The van der Waals surface area contributed by atoms with E-state index in [9.17, 15) is 4.79 Å². The smallest absolute Gasteiger partial charge is 0.258 e. The number of aryl methyl sites for hydroxylation is 1. The summed E-state index contributed by atoms with van der Waals surface area (Å²) >= 11 is 0. The predicted molar refractivity (Wildman–Crippen MR) is 101 cm³/mol. The van der Waals surface area contributed by atoms with Crippen LogP contribution in [0.15, 0.2) is 53.5 Å². The number of anilines is 4. The maximum atomic E-state index is 12.5. The highest BCUT2D eigenvalue weighted by Gasteiger charge is 2.11. The summed E-state index contributed by atoms with van der Waals surface area (Å²) in [5, 5.41) is 4.40. The van der Waals surface area contributed by atoms with Gasteiger partial charge in [-0.3, -0.25) is 4.79 Å². The number of benzene rings is 2. The summed E-state index contributed by atoms with van der Waals surface area (Å²) in [5.74, 6) is 0.426. The third-order valence-corrected chi connectivity index (χ3v) is 4.11. The molecule has 0 amide bonds. The van der Waals surface area contributed by atoms with Crippen molar-refractivity contribution in [2.45, 2.75) is 0 Å². The van der Waals surface area contributed by atoms with Crippen LogP contribution in [0, 0.1) is 0 Å². The molecule has 0 fully saturated rings. The molecule has 0 aliphatic heterocycles. The number of aromatic nitrogens is 3. The molecule has 124 valence electrons. The molecular weight excluding hydrogens is 316 g/mol. The Morgan fingerprint density at radius 1 is 1.04 bits per heavy atom. The maximum Gasteiger partial charge on any atom is 0.258 e. The second-order valence-electron chi connectivity index (χ2n) is 5.85. The Bertz CT molecular complexity index is 1180. The van der Waals surface area contributed by atoms with Crippen molar-refractivity contribution in [3.63, 3.8) is 0 Å². The highest BCUT2D eigenvalue weighted by Crippen LogP contribution is 2.24. The number of fused-ring (bicyclic) bond motifs is 3. The van der Waals surface area contributed by atoms with Crippen LogP contribution >= 0.6 is 0 Å². The summed E-state index contributed by atoms with van der Waals surface area (Å²) in [4.78, 5) is 21.4. The quantitative estimate of drug-likeness (QED) is 0.384. The summed E-state index contributed by atoms with van der Waals surface area (Å²) in [7, 11) is 1.70. The lowest BCUT2D eigenvalue weighted by molar-refractivity contribution is 0.911. The molecule has 0 unspecified atom stereocenters. The van der Waals surface area contributed by atoms with E-state index in [-0.39, 0.29) is 5.56 Å². The number of pyridine rings is 1. The Hall–Kier alpha value is -3.61. The van der Waals surface area contributed by atoms with E-state index in [0.29, 0.717) is 33.7 Å². The number of rotatable bonds is 2. The summed E-state index contributed by atoms with van der Waals surface area (Å²) in [5.41, 5.74) is 14.8. The number of nitrogens with one attached hydrogen (secondary N) is 1. The van der Waals surface area contributed by atoms with E-state index in [1.807, 2.05) is 18.2 Å². The van der Waals surface area contributed by atoms with Gasteiger partial charge in [-0.1, -0.05) is 6.07 Å². The van der Waals surface area contributed by atoms with Crippen LogP contribution in [0.3, 0.4) is 0 Å². The van der Waals surface area contributed by atoms with Crippen LogP contribution < -0.4 is 22.3 Å². The fourth-order valence-electron chi connectivity index (χ4n) is 2.86. The van der Waals surface area contributed by atoms with Crippen LogP contribution in [0.5, 0.6) is 0 Å². The lowest BCUT2D eigenvalue weighted by atomic mass is 10.1. The SMILES string of the molecule is Cn1c(=O)c2cc(N)ccc2c2nc(Nc3cccc(N)c3)ncc21. The standard InChI is InChI=1S/C18H16N6O/c1-24-15-9-21-18(22-12-4-2-3-10(19)7-12)23-16(15)13-6-5-11(20)8-14(13)17(24)25/h2-9H,19-20H2,1H3,(H,21,22,23).